The molecule has 1 aromatic carbocycles. The number of pyridine rings is 1. The molecule has 2 aromatic rings. The molecule has 5 nitrogen and oxygen atoms in total. The Bertz CT molecular complexity index is 987. The van der Waals surface area contributed by atoms with Gasteiger partial charge in [-0.3, -0.25) is 14.2 Å². The van der Waals surface area contributed by atoms with Crippen molar-refractivity contribution in [1.29, 1.82) is 5.26 Å². The normalized spacial score (nSPS) is 11.3. The Hall–Kier alpha value is -2.87. The minimum atomic E-state index is -0.543. The van der Waals surface area contributed by atoms with Crippen molar-refractivity contribution in [2.45, 2.75) is 72.3 Å². The number of carbonyl (C=O) groups excluding carboxylic acids is 1. The van der Waals surface area contributed by atoms with Gasteiger partial charge in [-0.1, -0.05) is 71.2 Å². The molecule has 5 heteroatoms. The highest BCUT2D eigenvalue weighted by molar-refractivity contribution is 6.11. The molecule has 1 aromatic heterocycles. The molecule has 2 rings (SSSR count). The number of unbranched alkanes of at least 4 members (excludes halogenated alkanes) is 3. The molecule has 0 aliphatic rings. The lowest BCUT2D eigenvalue weighted by molar-refractivity contribution is 0.103. The molecule has 0 aliphatic carbocycles. The number of aromatic hydroxyl groups is 1. The first-order valence-corrected chi connectivity index (χ1v) is 10.1. The lowest BCUT2D eigenvalue weighted by Crippen LogP contribution is -2.27. The summed E-state index contributed by atoms with van der Waals surface area (Å²) in [5, 5.41) is 20.2. The molecule has 0 aliphatic heterocycles. The third kappa shape index (κ3) is 4.76. The SMILES string of the molecule is CCCCCCn1c(O)c(C(=O)c2ccc(C(C)(C)C)cc2)c(C)c(C#N)c1=O. The topological polar surface area (TPSA) is 83.1 Å². The Balaban J connectivity index is 2.52. The lowest BCUT2D eigenvalue weighted by atomic mass is 9.86. The summed E-state index contributed by atoms with van der Waals surface area (Å²) in [6.45, 7) is 10.2. The average Bonchev–Trinajstić information content (AvgIpc) is 2.67. The molecule has 0 saturated carbocycles. The summed E-state index contributed by atoms with van der Waals surface area (Å²) in [6.07, 6.45) is 3.68. The number of carbonyl (C=O) groups is 1. The van der Waals surface area contributed by atoms with Gasteiger partial charge in [0.2, 0.25) is 5.88 Å². The zero-order valence-corrected chi connectivity index (χ0v) is 18.0. The summed E-state index contributed by atoms with van der Waals surface area (Å²) in [6, 6.07) is 9.15. The second-order valence-electron chi connectivity index (χ2n) is 8.48. The predicted molar refractivity (Wildman–Crippen MR) is 115 cm³/mol. The second-order valence-corrected chi connectivity index (χ2v) is 8.48. The number of nitriles is 1. The van der Waals surface area contributed by atoms with E-state index in [0.717, 1.165) is 29.4 Å². The van der Waals surface area contributed by atoms with Crippen LogP contribution in [-0.4, -0.2) is 15.5 Å². The molecule has 0 spiro atoms. The van der Waals surface area contributed by atoms with Crippen LogP contribution in [0.1, 0.15) is 86.0 Å². The van der Waals surface area contributed by atoms with E-state index in [-0.39, 0.29) is 40.3 Å². The van der Waals surface area contributed by atoms with Crippen LogP contribution in [0.25, 0.3) is 0 Å². The van der Waals surface area contributed by atoms with Gasteiger partial charge in [0.25, 0.3) is 5.56 Å². The fourth-order valence-corrected chi connectivity index (χ4v) is 3.39. The molecule has 0 saturated heterocycles. The van der Waals surface area contributed by atoms with Crippen molar-refractivity contribution in [2.24, 2.45) is 0 Å². The van der Waals surface area contributed by atoms with E-state index in [9.17, 15) is 20.0 Å². The summed E-state index contributed by atoms with van der Waals surface area (Å²) in [7, 11) is 0. The smallest absolute Gasteiger partial charge is 0.271 e. The number of benzene rings is 1. The van der Waals surface area contributed by atoms with Crippen LogP contribution in [-0.2, 0) is 12.0 Å². The number of hydrogen-bond acceptors (Lipinski definition) is 4. The van der Waals surface area contributed by atoms with E-state index < -0.39 is 5.56 Å². The van der Waals surface area contributed by atoms with Gasteiger partial charge in [-0.2, -0.15) is 5.26 Å². The first-order chi connectivity index (χ1) is 13.6. The van der Waals surface area contributed by atoms with E-state index in [1.54, 1.807) is 12.1 Å². The van der Waals surface area contributed by atoms with Crippen LogP contribution in [0.15, 0.2) is 29.1 Å². The molecule has 29 heavy (non-hydrogen) atoms. The van der Waals surface area contributed by atoms with Crippen molar-refractivity contribution in [3.8, 4) is 11.9 Å². The van der Waals surface area contributed by atoms with Gasteiger partial charge >= 0.3 is 0 Å². The van der Waals surface area contributed by atoms with Crippen LogP contribution in [0, 0.1) is 18.3 Å². The molecule has 0 radical (unpaired) electrons. The third-order valence-corrected chi connectivity index (χ3v) is 5.28. The zero-order chi connectivity index (χ0) is 21.8. The predicted octanol–water partition coefficient (Wildman–Crippen LogP) is 4.84. The highest BCUT2D eigenvalue weighted by Crippen LogP contribution is 2.27. The van der Waals surface area contributed by atoms with Crippen molar-refractivity contribution >= 4 is 5.78 Å². The van der Waals surface area contributed by atoms with Gasteiger partial charge in [-0.05, 0) is 29.9 Å². The van der Waals surface area contributed by atoms with Gasteiger partial charge in [-0.25, -0.2) is 0 Å². The molecule has 0 unspecified atom stereocenters. The van der Waals surface area contributed by atoms with E-state index in [1.165, 1.54) is 6.92 Å². The lowest BCUT2D eigenvalue weighted by Gasteiger charge is -2.19. The van der Waals surface area contributed by atoms with Gasteiger partial charge in [0, 0.05) is 12.1 Å². The van der Waals surface area contributed by atoms with Crippen LogP contribution in [0.5, 0.6) is 5.88 Å². The Morgan fingerprint density at radius 3 is 2.28 bits per heavy atom. The van der Waals surface area contributed by atoms with Crippen molar-refractivity contribution in [3.05, 3.63) is 62.4 Å². The number of rotatable bonds is 7. The molecule has 154 valence electrons. The number of hydrogen-bond donors (Lipinski definition) is 1. The monoisotopic (exact) mass is 394 g/mol. The van der Waals surface area contributed by atoms with E-state index in [4.69, 9.17) is 0 Å². The molecular weight excluding hydrogens is 364 g/mol. The molecular formula is C24H30N2O3. The summed E-state index contributed by atoms with van der Waals surface area (Å²) in [4.78, 5) is 25.8. The first-order valence-electron chi connectivity index (χ1n) is 10.1. The van der Waals surface area contributed by atoms with Gasteiger partial charge in [-0.15, -0.1) is 0 Å². The maximum atomic E-state index is 13.2. The molecule has 0 atom stereocenters. The van der Waals surface area contributed by atoms with Crippen molar-refractivity contribution in [2.75, 3.05) is 0 Å². The Morgan fingerprint density at radius 2 is 1.76 bits per heavy atom. The van der Waals surface area contributed by atoms with E-state index >= 15 is 0 Å². The van der Waals surface area contributed by atoms with Crippen LogP contribution >= 0.6 is 0 Å². The molecule has 1 N–H and O–H groups in total. The highest BCUT2D eigenvalue weighted by atomic mass is 16.3. The van der Waals surface area contributed by atoms with Crippen molar-refractivity contribution in [1.82, 2.24) is 4.57 Å². The van der Waals surface area contributed by atoms with Gasteiger partial charge < -0.3 is 5.11 Å². The quantitative estimate of drug-likeness (QED) is 0.538. The van der Waals surface area contributed by atoms with Crippen LogP contribution < -0.4 is 5.56 Å². The maximum absolute atomic E-state index is 13.2. The minimum Gasteiger partial charge on any atom is -0.494 e. The minimum absolute atomic E-state index is 0.0279. The maximum Gasteiger partial charge on any atom is 0.271 e. The fourth-order valence-electron chi connectivity index (χ4n) is 3.39. The fraction of sp³-hybridized carbons (Fsp3) is 0.458. The van der Waals surface area contributed by atoms with Gasteiger partial charge in [0.05, 0.1) is 5.56 Å². The summed E-state index contributed by atoms with van der Waals surface area (Å²) in [5.74, 6) is -0.743. The number of ketones is 1. The van der Waals surface area contributed by atoms with Crippen molar-refractivity contribution in [3.63, 3.8) is 0 Å². The summed E-state index contributed by atoms with van der Waals surface area (Å²) < 4.78 is 1.16. The third-order valence-electron chi connectivity index (χ3n) is 5.28. The van der Waals surface area contributed by atoms with E-state index in [2.05, 4.69) is 27.7 Å². The number of nitrogens with zero attached hydrogens (tertiary/aromatic N) is 2. The molecule has 0 amide bonds. The largest absolute Gasteiger partial charge is 0.494 e. The van der Waals surface area contributed by atoms with Gasteiger partial charge in [0.15, 0.2) is 5.78 Å². The van der Waals surface area contributed by atoms with Crippen molar-refractivity contribution < 1.29 is 9.90 Å². The first kappa shape index (κ1) is 22.4. The second kappa shape index (κ2) is 9.09. The number of aromatic nitrogens is 1. The van der Waals surface area contributed by atoms with E-state index in [1.807, 2.05) is 18.2 Å². The van der Waals surface area contributed by atoms with Gasteiger partial charge in [0.1, 0.15) is 11.6 Å². The average molecular weight is 395 g/mol. The molecule has 0 fully saturated rings. The zero-order valence-electron chi connectivity index (χ0n) is 18.0. The Kier molecular flexibility index (Phi) is 7.02. The Labute approximate surface area is 172 Å². The Morgan fingerprint density at radius 1 is 1.14 bits per heavy atom. The molecule has 1 heterocycles. The standard InChI is InChI=1S/C24H30N2O3/c1-6-7-8-9-14-26-22(28)19(15-25)16(2)20(23(26)29)21(27)17-10-12-18(13-11-17)24(3,4)5/h10-13,29H,6-9,14H2,1-5H3. The summed E-state index contributed by atoms with van der Waals surface area (Å²) >= 11 is 0. The van der Waals surface area contributed by atoms with Crippen LogP contribution in [0.2, 0.25) is 0 Å². The summed E-state index contributed by atoms with van der Waals surface area (Å²) in [5.41, 5.74) is 1.08. The highest BCUT2D eigenvalue weighted by Gasteiger charge is 2.25. The van der Waals surface area contributed by atoms with E-state index in [0.29, 0.717) is 12.0 Å². The molecule has 0 bridgehead atoms. The van der Waals surface area contributed by atoms with Crippen LogP contribution in [0.3, 0.4) is 0 Å². The van der Waals surface area contributed by atoms with Crippen LogP contribution in [0.4, 0.5) is 0 Å².